The summed E-state index contributed by atoms with van der Waals surface area (Å²) >= 11 is 4.24. The van der Waals surface area contributed by atoms with Crippen LogP contribution in [-0.2, 0) is 0 Å². The van der Waals surface area contributed by atoms with Crippen molar-refractivity contribution < 1.29 is 9.13 Å². The summed E-state index contributed by atoms with van der Waals surface area (Å²) in [6.45, 7) is 4.60. The van der Waals surface area contributed by atoms with Crippen LogP contribution in [0, 0.1) is 29.0 Å². The lowest BCUT2D eigenvalue weighted by molar-refractivity contribution is 0.219. The number of hydrogen-bond acceptors (Lipinski definition) is 3. The first-order valence-electron chi connectivity index (χ1n) is 5.51. The maximum Gasteiger partial charge on any atom is 0.166 e. The van der Waals surface area contributed by atoms with Crippen molar-refractivity contribution in [3.63, 3.8) is 0 Å². The lowest BCUT2D eigenvalue weighted by Gasteiger charge is -2.19. The van der Waals surface area contributed by atoms with Crippen molar-refractivity contribution in [2.24, 2.45) is 11.8 Å². The van der Waals surface area contributed by atoms with Crippen LogP contribution in [-0.4, -0.2) is 12.4 Å². The number of nitriles is 1. The van der Waals surface area contributed by atoms with Crippen molar-refractivity contribution in [2.45, 2.75) is 13.8 Å². The molecule has 0 saturated heterocycles. The molecule has 0 saturated carbocycles. The molecule has 0 spiro atoms. The van der Waals surface area contributed by atoms with Gasteiger partial charge in [0, 0.05) is 5.92 Å². The summed E-state index contributed by atoms with van der Waals surface area (Å²) in [6.07, 6.45) is 0. The quantitative estimate of drug-likeness (QED) is 0.817. The number of ether oxygens (including phenoxy) is 1. The van der Waals surface area contributed by atoms with Crippen LogP contribution >= 0.6 is 12.6 Å². The fourth-order valence-corrected chi connectivity index (χ4v) is 1.87. The summed E-state index contributed by atoms with van der Waals surface area (Å²) in [4.78, 5) is 0. The number of benzene rings is 1. The second kappa shape index (κ2) is 6.51. The van der Waals surface area contributed by atoms with E-state index < -0.39 is 5.82 Å². The van der Waals surface area contributed by atoms with Crippen LogP contribution in [0.2, 0.25) is 0 Å². The minimum absolute atomic E-state index is 0.191. The SMILES string of the molecule is CC(C)C(CS)COc1ccc(C#N)cc1F. The average Bonchev–Trinajstić information content (AvgIpc) is 2.31. The number of nitrogens with zero attached hydrogens (tertiary/aromatic N) is 1. The minimum atomic E-state index is -0.495. The van der Waals surface area contributed by atoms with Crippen molar-refractivity contribution in [2.75, 3.05) is 12.4 Å². The van der Waals surface area contributed by atoms with E-state index >= 15 is 0 Å². The summed E-state index contributed by atoms with van der Waals surface area (Å²) in [5, 5.41) is 8.61. The Morgan fingerprint density at radius 2 is 2.18 bits per heavy atom. The molecule has 1 unspecified atom stereocenters. The largest absolute Gasteiger partial charge is 0.490 e. The Hall–Kier alpha value is -1.21. The monoisotopic (exact) mass is 253 g/mol. The zero-order valence-electron chi connectivity index (χ0n) is 9.98. The van der Waals surface area contributed by atoms with Gasteiger partial charge < -0.3 is 4.74 Å². The maximum atomic E-state index is 13.5. The molecule has 0 heterocycles. The molecule has 0 N–H and O–H groups in total. The van der Waals surface area contributed by atoms with Gasteiger partial charge in [-0.25, -0.2) is 4.39 Å². The molecule has 1 aromatic rings. The van der Waals surface area contributed by atoms with Crippen LogP contribution in [0.3, 0.4) is 0 Å². The van der Waals surface area contributed by atoms with E-state index in [1.165, 1.54) is 12.1 Å². The molecule has 2 nitrogen and oxygen atoms in total. The third-order valence-corrected chi connectivity index (χ3v) is 3.16. The van der Waals surface area contributed by atoms with Crippen molar-refractivity contribution in [3.8, 4) is 11.8 Å². The van der Waals surface area contributed by atoms with Gasteiger partial charge in [-0.1, -0.05) is 13.8 Å². The van der Waals surface area contributed by atoms with Crippen LogP contribution in [0.1, 0.15) is 19.4 Å². The smallest absolute Gasteiger partial charge is 0.166 e. The van der Waals surface area contributed by atoms with Crippen LogP contribution in [0.5, 0.6) is 5.75 Å². The molecule has 0 amide bonds. The Balaban J connectivity index is 2.67. The van der Waals surface area contributed by atoms with Gasteiger partial charge in [0.15, 0.2) is 11.6 Å². The fraction of sp³-hybridized carbons (Fsp3) is 0.462. The third-order valence-electron chi connectivity index (χ3n) is 2.69. The zero-order chi connectivity index (χ0) is 12.8. The first kappa shape index (κ1) is 13.9. The van der Waals surface area contributed by atoms with E-state index in [1.807, 2.05) is 6.07 Å². The molecule has 17 heavy (non-hydrogen) atoms. The minimum Gasteiger partial charge on any atom is -0.490 e. The molecule has 1 aromatic carbocycles. The Kier molecular flexibility index (Phi) is 5.30. The van der Waals surface area contributed by atoms with Gasteiger partial charge >= 0.3 is 0 Å². The van der Waals surface area contributed by atoms with Crippen LogP contribution in [0.4, 0.5) is 4.39 Å². The molecule has 1 atom stereocenters. The van der Waals surface area contributed by atoms with E-state index in [-0.39, 0.29) is 11.7 Å². The fourth-order valence-electron chi connectivity index (χ4n) is 1.34. The maximum absolute atomic E-state index is 13.5. The molecular formula is C13H16FNOS. The Bertz CT molecular complexity index is 414. The summed E-state index contributed by atoms with van der Waals surface area (Å²) < 4.78 is 18.9. The van der Waals surface area contributed by atoms with E-state index in [2.05, 4.69) is 26.5 Å². The molecule has 0 aliphatic carbocycles. The molecule has 0 fully saturated rings. The first-order valence-corrected chi connectivity index (χ1v) is 6.15. The van der Waals surface area contributed by atoms with Gasteiger partial charge in [0.2, 0.25) is 0 Å². The average molecular weight is 253 g/mol. The first-order chi connectivity index (χ1) is 8.08. The lowest BCUT2D eigenvalue weighted by Crippen LogP contribution is -2.19. The van der Waals surface area contributed by atoms with Gasteiger partial charge in [-0.2, -0.15) is 17.9 Å². The van der Waals surface area contributed by atoms with Gasteiger partial charge in [-0.15, -0.1) is 0 Å². The topological polar surface area (TPSA) is 33.0 Å². The van der Waals surface area contributed by atoms with Gasteiger partial charge in [0.25, 0.3) is 0 Å². The van der Waals surface area contributed by atoms with E-state index in [0.717, 1.165) is 0 Å². The number of halogens is 1. The van der Waals surface area contributed by atoms with Gasteiger partial charge in [-0.05, 0) is 29.9 Å². The predicted molar refractivity (Wildman–Crippen MR) is 68.8 cm³/mol. The Morgan fingerprint density at radius 1 is 1.47 bits per heavy atom. The van der Waals surface area contributed by atoms with E-state index in [0.29, 0.717) is 23.8 Å². The molecular weight excluding hydrogens is 237 g/mol. The molecule has 0 aliphatic rings. The Labute approximate surface area is 107 Å². The number of rotatable bonds is 5. The highest BCUT2D eigenvalue weighted by molar-refractivity contribution is 7.80. The summed E-state index contributed by atoms with van der Waals surface area (Å²) in [5.74, 6) is 1.12. The second-order valence-electron chi connectivity index (χ2n) is 4.25. The van der Waals surface area contributed by atoms with E-state index in [1.54, 1.807) is 6.07 Å². The van der Waals surface area contributed by atoms with Gasteiger partial charge in [0.1, 0.15) is 0 Å². The zero-order valence-corrected chi connectivity index (χ0v) is 10.9. The van der Waals surface area contributed by atoms with Crippen LogP contribution in [0.25, 0.3) is 0 Å². The highest BCUT2D eigenvalue weighted by Gasteiger charge is 2.13. The molecule has 1 rings (SSSR count). The highest BCUT2D eigenvalue weighted by Crippen LogP contribution is 2.20. The number of thiol groups is 1. The van der Waals surface area contributed by atoms with Crippen LogP contribution < -0.4 is 4.74 Å². The molecule has 0 aliphatic heterocycles. The predicted octanol–water partition coefficient (Wildman–Crippen LogP) is 3.28. The lowest BCUT2D eigenvalue weighted by atomic mass is 9.99. The normalized spacial score (nSPS) is 12.2. The highest BCUT2D eigenvalue weighted by atomic mass is 32.1. The summed E-state index contributed by atoms with van der Waals surface area (Å²) in [5.41, 5.74) is 0.296. The molecule has 4 heteroatoms. The van der Waals surface area contributed by atoms with Gasteiger partial charge in [-0.3, -0.25) is 0 Å². The summed E-state index contributed by atoms with van der Waals surface area (Å²) in [7, 11) is 0. The third kappa shape index (κ3) is 3.94. The molecule has 92 valence electrons. The van der Waals surface area contributed by atoms with E-state index in [4.69, 9.17) is 10.00 Å². The van der Waals surface area contributed by atoms with Gasteiger partial charge in [0.05, 0.1) is 18.2 Å². The standard InChI is InChI=1S/C13H16FNOS/c1-9(2)11(8-17)7-16-13-4-3-10(6-15)5-12(13)14/h3-5,9,11,17H,7-8H2,1-2H3. The molecule has 0 aromatic heterocycles. The van der Waals surface area contributed by atoms with Crippen LogP contribution in [0.15, 0.2) is 18.2 Å². The molecule has 0 radical (unpaired) electrons. The van der Waals surface area contributed by atoms with Crippen molar-refractivity contribution in [3.05, 3.63) is 29.6 Å². The number of hydrogen-bond donors (Lipinski definition) is 1. The van der Waals surface area contributed by atoms with Crippen molar-refractivity contribution in [1.82, 2.24) is 0 Å². The van der Waals surface area contributed by atoms with Crippen molar-refractivity contribution >= 4 is 12.6 Å². The Morgan fingerprint density at radius 3 is 2.65 bits per heavy atom. The van der Waals surface area contributed by atoms with E-state index in [9.17, 15) is 4.39 Å². The molecule has 0 bridgehead atoms. The second-order valence-corrected chi connectivity index (χ2v) is 4.62. The van der Waals surface area contributed by atoms with Crippen molar-refractivity contribution in [1.29, 1.82) is 5.26 Å². The summed E-state index contributed by atoms with van der Waals surface area (Å²) in [6, 6.07) is 6.10.